The van der Waals surface area contributed by atoms with E-state index in [-0.39, 0.29) is 11.9 Å². The van der Waals surface area contributed by atoms with Crippen LogP contribution in [-0.2, 0) is 19.1 Å². The first-order valence-corrected chi connectivity index (χ1v) is 7.06. The van der Waals surface area contributed by atoms with Crippen molar-refractivity contribution in [3.05, 3.63) is 35.4 Å². The lowest BCUT2D eigenvalue weighted by molar-refractivity contribution is -0.150. The van der Waals surface area contributed by atoms with Gasteiger partial charge in [0, 0.05) is 6.42 Å². The highest BCUT2D eigenvalue weighted by Crippen LogP contribution is 2.30. The maximum absolute atomic E-state index is 12.1. The van der Waals surface area contributed by atoms with Gasteiger partial charge in [-0.2, -0.15) is 0 Å². The normalized spacial score (nSPS) is 19.0. The number of benzene rings is 1. The fourth-order valence-electron chi connectivity index (χ4n) is 2.73. The predicted molar refractivity (Wildman–Crippen MR) is 78.1 cm³/mol. The molecule has 0 saturated carbocycles. The Bertz CT molecular complexity index is 581. The molecule has 22 heavy (non-hydrogen) atoms. The van der Waals surface area contributed by atoms with Crippen molar-refractivity contribution in [2.75, 3.05) is 14.2 Å². The molecule has 118 valence electrons. The number of rotatable bonds is 4. The highest BCUT2D eigenvalue weighted by molar-refractivity contribution is 5.90. The van der Waals surface area contributed by atoms with Gasteiger partial charge in [0.2, 0.25) is 5.91 Å². The molecule has 1 aromatic rings. The molecule has 0 aromatic heterocycles. The number of hydrogen-bond acceptors (Lipinski definition) is 5. The van der Waals surface area contributed by atoms with Gasteiger partial charge in [0.1, 0.15) is 6.04 Å². The molecular weight excluding hydrogens is 286 g/mol. The molecule has 2 unspecified atom stereocenters. The molecule has 2 rings (SSSR count). The molecule has 2 atom stereocenters. The van der Waals surface area contributed by atoms with Crippen molar-refractivity contribution in [3.63, 3.8) is 0 Å². The number of amides is 1. The zero-order chi connectivity index (χ0) is 16.3. The van der Waals surface area contributed by atoms with Crippen LogP contribution in [0.15, 0.2) is 24.3 Å². The summed E-state index contributed by atoms with van der Waals surface area (Å²) >= 11 is 0. The van der Waals surface area contributed by atoms with Gasteiger partial charge in [0.15, 0.2) is 0 Å². The van der Waals surface area contributed by atoms with Crippen LogP contribution in [0, 0.1) is 0 Å². The van der Waals surface area contributed by atoms with E-state index in [4.69, 9.17) is 4.74 Å². The number of carbonyl (C=O) groups is 3. The van der Waals surface area contributed by atoms with Gasteiger partial charge in [-0.15, -0.1) is 0 Å². The molecule has 0 spiro atoms. The summed E-state index contributed by atoms with van der Waals surface area (Å²) in [5.41, 5.74) is 1.28. The highest BCUT2D eigenvalue weighted by atomic mass is 16.5. The minimum atomic E-state index is -0.548. The summed E-state index contributed by atoms with van der Waals surface area (Å²) in [6.45, 7) is 1.85. The van der Waals surface area contributed by atoms with Crippen molar-refractivity contribution in [1.82, 2.24) is 4.90 Å². The first-order valence-electron chi connectivity index (χ1n) is 7.06. The number of ether oxygens (including phenoxy) is 2. The second kappa shape index (κ2) is 6.60. The Morgan fingerprint density at radius 3 is 2.36 bits per heavy atom. The van der Waals surface area contributed by atoms with Crippen molar-refractivity contribution in [1.29, 1.82) is 0 Å². The first kappa shape index (κ1) is 16.0. The number of nitrogens with zero attached hydrogens (tertiary/aromatic N) is 1. The van der Waals surface area contributed by atoms with Crippen LogP contribution in [0.25, 0.3) is 0 Å². The van der Waals surface area contributed by atoms with E-state index >= 15 is 0 Å². The Hall–Kier alpha value is -2.37. The number of hydrogen-bond donors (Lipinski definition) is 0. The summed E-state index contributed by atoms with van der Waals surface area (Å²) in [6, 6.07) is 5.99. The summed E-state index contributed by atoms with van der Waals surface area (Å²) in [7, 11) is 2.64. The van der Waals surface area contributed by atoms with E-state index in [1.807, 2.05) is 6.92 Å². The minimum Gasteiger partial charge on any atom is -0.467 e. The molecule has 1 fully saturated rings. The smallest absolute Gasteiger partial charge is 0.337 e. The van der Waals surface area contributed by atoms with Gasteiger partial charge in [0.05, 0.1) is 25.8 Å². The second-order valence-corrected chi connectivity index (χ2v) is 5.17. The summed E-state index contributed by atoms with van der Waals surface area (Å²) in [5.74, 6) is -0.882. The van der Waals surface area contributed by atoms with E-state index in [9.17, 15) is 14.4 Å². The van der Waals surface area contributed by atoms with Gasteiger partial charge in [-0.1, -0.05) is 12.1 Å². The van der Waals surface area contributed by atoms with Crippen LogP contribution in [-0.4, -0.2) is 43.0 Å². The molecule has 0 bridgehead atoms. The van der Waals surface area contributed by atoms with E-state index in [0.717, 1.165) is 5.56 Å². The molecule has 0 aliphatic carbocycles. The third kappa shape index (κ3) is 2.95. The molecular formula is C16H19NO5. The van der Waals surface area contributed by atoms with Gasteiger partial charge in [0.25, 0.3) is 0 Å². The van der Waals surface area contributed by atoms with Crippen LogP contribution in [0.3, 0.4) is 0 Å². The lowest BCUT2D eigenvalue weighted by atomic mass is 10.0. The molecule has 1 heterocycles. The monoisotopic (exact) mass is 305 g/mol. The number of methoxy groups -OCH3 is 2. The van der Waals surface area contributed by atoms with Crippen LogP contribution < -0.4 is 0 Å². The van der Waals surface area contributed by atoms with Gasteiger partial charge in [-0.25, -0.2) is 9.59 Å². The Kier molecular flexibility index (Phi) is 4.80. The zero-order valence-corrected chi connectivity index (χ0v) is 12.9. The standard InChI is InChI=1S/C16H19NO5/c1-10(11-4-6-12(7-5-11)15(19)21-2)17-13(16(20)22-3)8-9-14(17)18/h4-7,10,13H,8-9H2,1-3H3. The maximum atomic E-state index is 12.1. The molecule has 1 aliphatic rings. The zero-order valence-electron chi connectivity index (χ0n) is 12.9. The topological polar surface area (TPSA) is 72.9 Å². The Labute approximate surface area is 129 Å². The molecule has 1 saturated heterocycles. The summed E-state index contributed by atoms with van der Waals surface area (Å²) in [4.78, 5) is 36.9. The molecule has 0 N–H and O–H groups in total. The average molecular weight is 305 g/mol. The molecule has 0 radical (unpaired) electrons. The van der Waals surface area contributed by atoms with E-state index < -0.39 is 18.0 Å². The van der Waals surface area contributed by atoms with Crippen molar-refractivity contribution in [3.8, 4) is 0 Å². The van der Waals surface area contributed by atoms with E-state index in [1.165, 1.54) is 14.2 Å². The predicted octanol–water partition coefficient (Wildman–Crippen LogP) is 1.70. The van der Waals surface area contributed by atoms with Crippen LogP contribution in [0.5, 0.6) is 0 Å². The molecule has 1 aliphatic heterocycles. The van der Waals surface area contributed by atoms with Gasteiger partial charge in [-0.3, -0.25) is 4.79 Å². The van der Waals surface area contributed by atoms with Gasteiger partial charge < -0.3 is 14.4 Å². The van der Waals surface area contributed by atoms with E-state index in [2.05, 4.69) is 4.74 Å². The summed E-state index contributed by atoms with van der Waals surface area (Å²) < 4.78 is 9.42. The number of esters is 2. The summed E-state index contributed by atoms with van der Waals surface area (Å²) in [6.07, 6.45) is 0.806. The SMILES string of the molecule is COC(=O)c1ccc(C(C)N2C(=O)CCC2C(=O)OC)cc1. The molecule has 6 heteroatoms. The van der Waals surface area contributed by atoms with Crippen molar-refractivity contribution >= 4 is 17.8 Å². The lowest BCUT2D eigenvalue weighted by Crippen LogP contribution is -2.40. The van der Waals surface area contributed by atoms with Crippen LogP contribution in [0.4, 0.5) is 0 Å². The second-order valence-electron chi connectivity index (χ2n) is 5.17. The maximum Gasteiger partial charge on any atom is 0.337 e. The Morgan fingerprint density at radius 1 is 1.18 bits per heavy atom. The molecule has 1 aromatic carbocycles. The quantitative estimate of drug-likeness (QED) is 0.792. The number of likely N-dealkylation sites (tertiary alicyclic amines) is 1. The third-order valence-electron chi connectivity index (χ3n) is 3.96. The van der Waals surface area contributed by atoms with Gasteiger partial charge >= 0.3 is 11.9 Å². The van der Waals surface area contributed by atoms with Crippen molar-refractivity contribution in [2.45, 2.75) is 31.8 Å². The third-order valence-corrected chi connectivity index (χ3v) is 3.96. The van der Waals surface area contributed by atoms with Crippen molar-refractivity contribution < 1.29 is 23.9 Å². The highest BCUT2D eigenvalue weighted by Gasteiger charge is 2.39. The lowest BCUT2D eigenvalue weighted by Gasteiger charge is -2.29. The van der Waals surface area contributed by atoms with Crippen LogP contribution in [0.1, 0.15) is 41.7 Å². The fourth-order valence-corrected chi connectivity index (χ4v) is 2.73. The molecule has 6 nitrogen and oxygen atoms in total. The van der Waals surface area contributed by atoms with Crippen LogP contribution in [0.2, 0.25) is 0 Å². The van der Waals surface area contributed by atoms with Crippen LogP contribution >= 0.6 is 0 Å². The Balaban J connectivity index is 2.22. The van der Waals surface area contributed by atoms with E-state index in [1.54, 1.807) is 29.2 Å². The number of carbonyl (C=O) groups excluding carboxylic acids is 3. The van der Waals surface area contributed by atoms with Gasteiger partial charge in [-0.05, 0) is 31.0 Å². The average Bonchev–Trinajstić information content (AvgIpc) is 2.94. The largest absolute Gasteiger partial charge is 0.467 e. The van der Waals surface area contributed by atoms with Crippen molar-refractivity contribution in [2.24, 2.45) is 0 Å². The summed E-state index contributed by atoms with van der Waals surface area (Å²) in [5, 5.41) is 0. The minimum absolute atomic E-state index is 0.0695. The Morgan fingerprint density at radius 2 is 1.82 bits per heavy atom. The fraction of sp³-hybridized carbons (Fsp3) is 0.438. The first-order chi connectivity index (χ1) is 10.5. The molecule has 1 amide bonds. The van der Waals surface area contributed by atoms with E-state index in [0.29, 0.717) is 18.4 Å².